The Balaban J connectivity index is 1.65. The van der Waals surface area contributed by atoms with Crippen LogP contribution in [0.25, 0.3) is 11.0 Å². The molecule has 0 bridgehead atoms. The minimum Gasteiger partial charge on any atom is -0.464 e. The summed E-state index contributed by atoms with van der Waals surface area (Å²) in [5.41, 5.74) is 2.55. The summed E-state index contributed by atoms with van der Waals surface area (Å²) in [6.45, 7) is 1.67. The number of nitrogens with zero attached hydrogens (tertiary/aromatic N) is 1. The number of hydrogen-bond acceptors (Lipinski definition) is 5. The second-order valence-electron chi connectivity index (χ2n) is 5.91. The number of aromatic amines is 2. The highest BCUT2D eigenvalue weighted by Gasteiger charge is 2.21. The lowest BCUT2D eigenvalue weighted by molar-refractivity contribution is 0.239. The van der Waals surface area contributed by atoms with Crippen LogP contribution in [0, 0.1) is 4.77 Å². The number of aromatic nitrogens is 2. The smallest absolute Gasteiger partial charge is 0.256 e. The number of benzene rings is 1. The minimum atomic E-state index is -0.163. The van der Waals surface area contributed by atoms with Crippen molar-refractivity contribution in [3.05, 3.63) is 72.7 Å². The van der Waals surface area contributed by atoms with E-state index in [1.165, 1.54) is 6.26 Å². The molecule has 7 heteroatoms. The van der Waals surface area contributed by atoms with Gasteiger partial charge in [0.15, 0.2) is 10.2 Å². The SMILES string of the molecule is O=c1[nH]c(=S)[nH]c2c1CN(Cc1coc3ccccc3c1=O)CC2. The molecule has 0 unspecified atom stereocenters. The number of nitrogens with one attached hydrogen (secondary N) is 2. The Labute approximate surface area is 141 Å². The summed E-state index contributed by atoms with van der Waals surface area (Å²) in [4.78, 5) is 32.4. The van der Waals surface area contributed by atoms with Gasteiger partial charge >= 0.3 is 0 Å². The Morgan fingerprint density at radius 3 is 2.92 bits per heavy atom. The van der Waals surface area contributed by atoms with Crippen LogP contribution in [-0.4, -0.2) is 21.4 Å². The molecule has 1 aliphatic rings. The Hall–Kier alpha value is -2.51. The minimum absolute atomic E-state index is 0.0241. The van der Waals surface area contributed by atoms with Crippen LogP contribution >= 0.6 is 12.2 Å². The maximum absolute atomic E-state index is 12.6. The summed E-state index contributed by atoms with van der Waals surface area (Å²) in [7, 11) is 0. The van der Waals surface area contributed by atoms with Crippen molar-refractivity contribution in [3.8, 4) is 0 Å². The third kappa shape index (κ3) is 2.61. The topological polar surface area (TPSA) is 82.1 Å². The van der Waals surface area contributed by atoms with Crippen LogP contribution in [0.1, 0.15) is 16.8 Å². The van der Waals surface area contributed by atoms with Crippen molar-refractivity contribution < 1.29 is 4.42 Å². The predicted octanol–water partition coefficient (Wildman–Crippen LogP) is 2.10. The van der Waals surface area contributed by atoms with Gasteiger partial charge in [-0.2, -0.15) is 0 Å². The van der Waals surface area contributed by atoms with Crippen LogP contribution in [-0.2, 0) is 19.5 Å². The first kappa shape index (κ1) is 15.0. The van der Waals surface area contributed by atoms with Crippen LogP contribution in [0.15, 0.2) is 44.5 Å². The van der Waals surface area contributed by atoms with Crippen LogP contribution in [0.2, 0.25) is 0 Å². The normalized spacial score (nSPS) is 14.7. The van der Waals surface area contributed by atoms with Crippen molar-refractivity contribution >= 4 is 23.2 Å². The molecule has 0 fully saturated rings. The molecule has 2 N–H and O–H groups in total. The summed E-state index contributed by atoms with van der Waals surface area (Å²) in [5, 5.41) is 0.578. The van der Waals surface area contributed by atoms with Gasteiger partial charge in [-0.3, -0.25) is 19.5 Å². The van der Waals surface area contributed by atoms with E-state index >= 15 is 0 Å². The fourth-order valence-electron chi connectivity index (χ4n) is 3.12. The molecule has 1 aliphatic heterocycles. The molecule has 3 aromatic rings. The van der Waals surface area contributed by atoms with Crippen molar-refractivity contribution in [2.75, 3.05) is 6.54 Å². The monoisotopic (exact) mass is 341 g/mol. The molecule has 0 radical (unpaired) electrons. The zero-order chi connectivity index (χ0) is 16.7. The van der Waals surface area contributed by atoms with Crippen LogP contribution < -0.4 is 11.0 Å². The molecule has 0 atom stereocenters. The van der Waals surface area contributed by atoms with Crippen LogP contribution in [0.5, 0.6) is 0 Å². The van der Waals surface area contributed by atoms with Crippen molar-refractivity contribution in [3.63, 3.8) is 0 Å². The van der Waals surface area contributed by atoms with Crippen molar-refractivity contribution in [2.24, 2.45) is 0 Å². The van der Waals surface area contributed by atoms with Crippen LogP contribution in [0.4, 0.5) is 0 Å². The summed E-state index contributed by atoms with van der Waals surface area (Å²) in [6.07, 6.45) is 2.21. The Bertz CT molecular complexity index is 1100. The van der Waals surface area contributed by atoms with E-state index in [-0.39, 0.29) is 11.0 Å². The fourth-order valence-corrected chi connectivity index (χ4v) is 3.33. The average Bonchev–Trinajstić information content (AvgIpc) is 2.58. The quantitative estimate of drug-likeness (QED) is 0.698. The number of H-pyrrole nitrogens is 2. The van der Waals surface area contributed by atoms with Crippen molar-refractivity contribution in [1.82, 2.24) is 14.9 Å². The number of para-hydroxylation sites is 1. The molecular weight excluding hydrogens is 326 g/mol. The molecule has 24 heavy (non-hydrogen) atoms. The first-order valence-electron chi connectivity index (χ1n) is 7.68. The molecule has 3 heterocycles. The van der Waals surface area contributed by atoms with Gasteiger partial charge in [0.25, 0.3) is 5.56 Å². The highest BCUT2D eigenvalue weighted by molar-refractivity contribution is 7.71. The molecule has 1 aromatic carbocycles. The highest BCUT2D eigenvalue weighted by atomic mass is 32.1. The Morgan fingerprint density at radius 2 is 2.04 bits per heavy atom. The lowest BCUT2D eigenvalue weighted by atomic mass is 10.1. The van der Waals surface area contributed by atoms with Crippen molar-refractivity contribution in [1.29, 1.82) is 0 Å². The van der Waals surface area contributed by atoms with Crippen LogP contribution in [0.3, 0.4) is 0 Å². The zero-order valence-electron chi connectivity index (χ0n) is 12.8. The largest absolute Gasteiger partial charge is 0.464 e. The Morgan fingerprint density at radius 1 is 1.21 bits per heavy atom. The molecular formula is C17H15N3O3S. The molecule has 0 saturated heterocycles. The highest BCUT2D eigenvalue weighted by Crippen LogP contribution is 2.16. The first-order valence-corrected chi connectivity index (χ1v) is 8.09. The number of rotatable bonds is 2. The van der Waals surface area contributed by atoms with E-state index in [1.807, 2.05) is 12.1 Å². The second-order valence-corrected chi connectivity index (χ2v) is 6.32. The van der Waals surface area contributed by atoms with E-state index in [1.54, 1.807) is 12.1 Å². The lowest BCUT2D eigenvalue weighted by Crippen LogP contribution is -2.36. The summed E-state index contributed by atoms with van der Waals surface area (Å²) in [6, 6.07) is 7.20. The molecule has 2 aromatic heterocycles. The van der Waals surface area contributed by atoms with Gasteiger partial charge < -0.3 is 9.40 Å². The van der Waals surface area contributed by atoms with E-state index in [9.17, 15) is 9.59 Å². The molecule has 0 spiro atoms. The first-order chi connectivity index (χ1) is 11.6. The third-order valence-electron chi connectivity index (χ3n) is 4.34. The lowest BCUT2D eigenvalue weighted by Gasteiger charge is -2.27. The van der Waals surface area contributed by atoms with Gasteiger partial charge in [0.05, 0.1) is 17.2 Å². The van der Waals surface area contributed by atoms with Gasteiger partial charge in [-0.25, -0.2) is 0 Å². The molecule has 122 valence electrons. The zero-order valence-corrected chi connectivity index (χ0v) is 13.6. The van der Waals surface area contributed by atoms with Gasteiger partial charge in [0, 0.05) is 37.3 Å². The van der Waals surface area contributed by atoms with Gasteiger partial charge in [-0.05, 0) is 24.4 Å². The van der Waals surface area contributed by atoms with E-state index in [2.05, 4.69) is 14.9 Å². The molecule has 4 rings (SSSR count). The molecule has 0 aliphatic carbocycles. The van der Waals surface area contributed by atoms with E-state index in [4.69, 9.17) is 16.6 Å². The summed E-state index contributed by atoms with van der Waals surface area (Å²) in [5.74, 6) is 0. The molecule has 0 amide bonds. The van der Waals surface area contributed by atoms with Gasteiger partial charge in [0.2, 0.25) is 0 Å². The van der Waals surface area contributed by atoms with Gasteiger partial charge in [-0.15, -0.1) is 0 Å². The number of fused-ring (bicyclic) bond motifs is 2. The van der Waals surface area contributed by atoms with E-state index < -0.39 is 0 Å². The maximum atomic E-state index is 12.6. The molecule has 6 nitrogen and oxygen atoms in total. The van der Waals surface area contributed by atoms with Gasteiger partial charge in [0.1, 0.15) is 5.58 Å². The van der Waals surface area contributed by atoms with Gasteiger partial charge in [-0.1, -0.05) is 12.1 Å². The third-order valence-corrected chi connectivity index (χ3v) is 4.54. The second kappa shape index (κ2) is 5.85. The maximum Gasteiger partial charge on any atom is 0.256 e. The predicted molar refractivity (Wildman–Crippen MR) is 92.5 cm³/mol. The average molecular weight is 341 g/mol. The van der Waals surface area contributed by atoms with Crippen molar-refractivity contribution in [2.45, 2.75) is 19.5 Å². The fraction of sp³-hybridized carbons (Fsp3) is 0.235. The molecule has 0 saturated carbocycles. The Kier molecular flexibility index (Phi) is 3.66. The summed E-state index contributed by atoms with van der Waals surface area (Å²) < 4.78 is 5.91. The van der Waals surface area contributed by atoms with E-state index in [0.717, 1.165) is 12.2 Å². The number of hydrogen-bond donors (Lipinski definition) is 2. The standard InChI is InChI=1S/C17H15N3O3S/c21-15-10(9-23-14-4-2-1-3-11(14)15)7-20-6-5-13-12(8-20)16(22)19-17(24)18-13/h1-4,9H,5-8H2,(H2,18,19,22,24). The van der Waals surface area contributed by atoms with E-state index in [0.29, 0.717) is 46.4 Å². The summed E-state index contributed by atoms with van der Waals surface area (Å²) >= 11 is 5.00.